The summed E-state index contributed by atoms with van der Waals surface area (Å²) in [6.45, 7) is 5.85. The largest absolute Gasteiger partial charge is 0.385 e. The van der Waals surface area contributed by atoms with Crippen molar-refractivity contribution in [2.24, 2.45) is 0 Å². The summed E-state index contributed by atoms with van der Waals surface area (Å²) in [4.78, 5) is 11.8. The Hall–Kier alpha value is -1.15. The summed E-state index contributed by atoms with van der Waals surface area (Å²) in [7, 11) is 0. The highest BCUT2D eigenvalue weighted by Crippen LogP contribution is 2.14. The van der Waals surface area contributed by atoms with Gasteiger partial charge in [-0.3, -0.25) is 4.79 Å². The van der Waals surface area contributed by atoms with Crippen LogP contribution < -0.4 is 0 Å². The Morgan fingerprint density at radius 2 is 2.07 bits per heavy atom. The minimum atomic E-state index is -0.851. The summed E-state index contributed by atoms with van der Waals surface area (Å²) in [5.74, 6) is -0.158. The molecule has 1 N–H and O–H groups in total. The van der Waals surface area contributed by atoms with Gasteiger partial charge in [0.15, 0.2) is 5.78 Å². The van der Waals surface area contributed by atoms with Crippen LogP contribution in [0.5, 0.6) is 0 Å². The van der Waals surface area contributed by atoms with Crippen LogP contribution in [0.1, 0.15) is 41.3 Å². The zero-order valence-corrected chi connectivity index (χ0v) is 9.58. The fourth-order valence-corrected chi connectivity index (χ4v) is 1.67. The van der Waals surface area contributed by atoms with E-state index in [1.807, 2.05) is 32.9 Å². The molecule has 0 amide bonds. The Kier molecular flexibility index (Phi) is 4.04. The smallest absolute Gasteiger partial charge is 0.191 e. The number of ketones is 1. The molecule has 0 saturated carbocycles. The zero-order chi connectivity index (χ0) is 11.4. The van der Waals surface area contributed by atoms with E-state index in [9.17, 15) is 9.90 Å². The van der Waals surface area contributed by atoms with Crippen LogP contribution in [0.15, 0.2) is 18.2 Å². The van der Waals surface area contributed by atoms with Gasteiger partial charge in [0, 0.05) is 5.56 Å². The molecule has 0 heterocycles. The van der Waals surface area contributed by atoms with Crippen LogP contribution in [-0.2, 0) is 0 Å². The van der Waals surface area contributed by atoms with Crippen LogP contribution in [0, 0.1) is 13.8 Å². The monoisotopic (exact) mass is 206 g/mol. The first kappa shape index (κ1) is 11.9. The highest BCUT2D eigenvalue weighted by Gasteiger charge is 2.17. The first-order valence-electron chi connectivity index (χ1n) is 5.35. The second kappa shape index (κ2) is 5.08. The summed E-state index contributed by atoms with van der Waals surface area (Å²) >= 11 is 0. The number of aliphatic hydroxyl groups is 1. The van der Waals surface area contributed by atoms with Crippen LogP contribution in [0.3, 0.4) is 0 Å². The molecule has 1 aromatic rings. The molecule has 0 radical (unpaired) electrons. The Morgan fingerprint density at radius 1 is 1.40 bits per heavy atom. The Morgan fingerprint density at radius 3 is 2.60 bits per heavy atom. The first-order chi connectivity index (χ1) is 7.06. The van der Waals surface area contributed by atoms with Gasteiger partial charge in [-0.15, -0.1) is 0 Å². The van der Waals surface area contributed by atoms with Crippen LogP contribution in [0.4, 0.5) is 0 Å². The number of carbonyl (C=O) groups is 1. The average Bonchev–Trinajstić information content (AvgIpc) is 2.17. The van der Waals surface area contributed by atoms with Gasteiger partial charge < -0.3 is 5.11 Å². The molecule has 0 aliphatic rings. The van der Waals surface area contributed by atoms with Gasteiger partial charge >= 0.3 is 0 Å². The lowest BCUT2D eigenvalue weighted by atomic mass is 9.97. The molecule has 1 aromatic carbocycles. The van der Waals surface area contributed by atoms with Crippen molar-refractivity contribution in [2.75, 3.05) is 0 Å². The van der Waals surface area contributed by atoms with Gasteiger partial charge in [-0.25, -0.2) is 0 Å². The summed E-state index contributed by atoms with van der Waals surface area (Å²) in [5.41, 5.74) is 2.71. The lowest BCUT2D eigenvalue weighted by Crippen LogP contribution is -2.21. The minimum Gasteiger partial charge on any atom is -0.385 e. The Labute approximate surface area is 90.9 Å². The highest BCUT2D eigenvalue weighted by atomic mass is 16.3. The van der Waals surface area contributed by atoms with Crippen molar-refractivity contribution in [3.8, 4) is 0 Å². The number of aryl methyl sites for hydroxylation is 2. The number of aliphatic hydroxyl groups excluding tert-OH is 1. The molecule has 1 atom stereocenters. The van der Waals surface area contributed by atoms with Crippen molar-refractivity contribution < 1.29 is 9.90 Å². The van der Waals surface area contributed by atoms with Crippen molar-refractivity contribution in [1.29, 1.82) is 0 Å². The maximum absolute atomic E-state index is 11.8. The van der Waals surface area contributed by atoms with E-state index in [0.29, 0.717) is 12.0 Å². The van der Waals surface area contributed by atoms with E-state index in [1.54, 1.807) is 6.07 Å². The number of hydrogen-bond acceptors (Lipinski definition) is 2. The molecule has 82 valence electrons. The van der Waals surface area contributed by atoms with Crippen molar-refractivity contribution in [1.82, 2.24) is 0 Å². The molecule has 0 aliphatic carbocycles. The molecule has 2 nitrogen and oxygen atoms in total. The molecule has 1 rings (SSSR count). The second-order valence-electron chi connectivity index (χ2n) is 3.99. The number of hydrogen-bond donors (Lipinski definition) is 1. The van der Waals surface area contributed by atoms with Gasteiger partial charge in [-0.1, -0.05) is 37.1 Å². The second-order valence-corrected chi connectivity index (χ2v) is 3.99. The van der Waals surface area contributed by atoms with Gasteiger partial charge in [0.1, 0.15) is 6.10 Å². The zero-order valence-electron chi connectivity index (χ0n) is 9.58. The van der Waals surface area contributed by atoms with Crippen LogP contribution in [0.2, 0.25) is 0 Å². The molecule has 0 fully saturated rings. The average molecular weight is 206 g/mol. The summed E-state index contributed by atoms with van der Waals surface area (Å²) in [6, 6.07) is 5.66. The molecule has 0 bridgehead atoms. The van der Waals surface area contributed by atoms with E-state index in [-0.39, 0.29) is 5.78 Å². The number of carbonyl (C=O) groups excluding carboxylic acids is 1. The molecule has 15 heavy (non-hydrogen) atoms. The van der Waals surface area contributed by atoms with Crippen LogP contribution in [0.25, 0.3) is 0 Å². The number of Topliss-reactive ketones (excluding diaryl/α,β-unsaturated/α-hetero) is 1. The summed E-state index contributed by atoms with van der Waals surface area (Å²) < 4.78 is 0. The first-order valence-corrected chi connectivity index (χ1v) is 5.35. The lowest BCUT2D eigenvalue weighted by Gasteiger charge is -2.10. The van der Waals surface area contributed by atoms with Gasteiger partial charge in [0.2, 0.25) is 0 Å². The van der Waals surface area contributed by atoms with Crippen molar-refractivity contribution in [2.45, 2.75) is 39.7 Å². The predicted molar refractivity (Wildman–Crippen MR) is 61.2 cm³/mol. The van der Waals surface area contributed by atoms with Crippen molar-refractivity contribution in [3.05, 3.63) is 34.9 Å². The quantitative estimate of drug-likeness (QED) is 0.769. The fraction of sp³-hybridized carbons (Fsp3) is 0.462. The fourth-order valence-electron chi connectivity index (χ4n) is 1.67. The SMILES string of the molecule is CCCC(O)C(=O)c1ccc(C)cc1C. The number of benzene rings is 1. The third-order valence-electron chi connectivity index (χ3n) is 2.51. The van der Waals surface area contributed by atoms with E-state index in [0.717, 1.165) is 17.5 Å². The summed E-state index contributed by atoms with van der Waals surface area (Å²) in [5, 5.41) is 9.62. The molecular weight excluding hydrogens is 188 g/mol. The molecule has 1 unspecified atom stereocenters. The van der Waals surface area contributed by atoms with E-state index < -0.39 is 6.10 Å². The molecule has 2 heteroatoms. The van der Waals surface area contributed by atoms with Gasteiger partial charge in [0.25, 0.3) is 0 Å². The maximum atomic E-state index is 11.8. The highest BCUT2D eigenvalue weighted by molar-refractivity contribution is 6.00. The third kappa shape index (κ3) is 2.90. The van der Waals surface area contributed by atoms with Crippen molar-refractivity contribution in [3.63, 3.8) is 0 Å². The normalized spacial score (nSPS) is 12.5. The van der Waals surface area contributed by atoms with E-state index in [2.05, 4.69) is 0 Å². The van der Waals surface area contributed by atoms with Gasteiger partial charge in [-0.05, 0) is 25.8 Å². The topological polar surface area (TPSA) is 37.3 Å². The standard InChI is InChI=1S/C13H18O2/c1-4-5-12(14)13(15)11-7-6-9(2)8-10(11)3/h6-8,12,14H,4-5H2,1-3H3. The van der Waals surface area contributed by atoms with Gasteiger partial charge in [-0.2, -0.15) is 0 Å². The third-order valence-corrected chi connectivity index (χ3v) is 2.51. The van der Waals surface area contributed by atoms with Crippen LogP contribution in [-0.4, -0.2) is 17.0 Å². The van der Waals surface area contributed by atoms with E-state index >= 15 is 0 Å². The van der Waals surface area contributed by atoms with Crippen LogP contribution >= 0.6 is 0 Å². The Bertz CT molecular complexity index is 356. The lowest BCUT2D eigenvalue weighted by molar-refractivity contribution is 0.0728. The van der Waals surface area contributed by atoms with Gasteiger partial charge in [0.05, 0.1) is 0 Å². The van der Waals surface area contributed by atoms with E-state index in [1.165, 1.54) is 0 Å². The van der Waals surface area contributed by atoms with E-state index in [4.69, 9.17) is 0 Å². The predicted octanol–water partition coefficient (Wildman–Crippen LogP) is 2.65. The molecular formula is C13H18O2. The summed E-state index contributed by atoms with van der Waals surface area (Å²) in [6.07, 6.45) is 0.501. The Balaban J connectivity index is 2.91. The minimum absolute atomic E-state index is 0.158. The maximum Gasteiger partial charge on any atom is 0.191 e. The molecule has 0 saturated heterocycles. The molecule has 0 aromatic heterocycles. The molecule has 0 aliphatic heterocycles. The number of rotatable bonds is 4. The molecule has 0 spiro atoms. The van der Waals surface area contributed by atoms with Crippen molar-refractivity contribution >= 4 is 5.78 Å².